The van der Waals surface area contributed by atoms with Gasteiger partial charge < -0.3 is 19.4 Å². The van der Waals surface area contributed by atoms with E-state index in [9.17, 15) is 4.79 Å². The molecule has 0 N–H and O–H groups in total. The number of nitrogens with zero attached hydrogens (tertiary/aromatic N) is 5. The van der Waals surface area contributed by atoms with Crippen molar-refractivity contribution in [3.05, 3.63) is 42.1 Å². The van der Waals surface area contributed by atoms with Crippen LogP contribution < -0.4 is 9.80 Å². The lowest BCUT2D eigenvalue weighted by atomic mass is 10.2. The van der Waals surface area contributed by atoms with Gasteiger partial charge in [-0.25, -0.2) is 9.78 Å². The Morgan fingerprint density at radius 3 is 2.63 bits per heavy atom. The molecule has 1 aromatic carbocycles. The van der Waals surface area contributed by atoms with Crippen molar-refractivity contribution >= 4 is 23.5 Å². The normalized spacial score (nSPS) is 14.2. The molecule has 1 aliphatic heterocycles. The molecule has 0 saturated carbocycles. The van der Waals surface area contributed by atoms with Gasteiger partial charge in [-0.3, -0.25) is 0 Å². The van der Waals surface area contributed by atoms with E-state index in [1.54, 1.807) is 11.1 Å². The highest BCUT2D eigenvalue weighted by Gasteiger charge is 2.23. The zero-order chi connectivity index (χ0) is 19.2. The van der Waals surface area contributed by atoms with Crippen LogP contribution >= 0.6 is 0 Å². The van der Waals surface area contributed by atoms with Gasteiger partial charge in [-0.1, -0.05) is 12.1 Å². The Labute approximate surface area is 160 Å². The minimum atomic E-state index is -0.239. The van der Waals surface area contributed by atoms with Crippen LogP contribution in [-0.2, 0) is 4.74 Å². The average molecular weight is 369 g/mol. The van der Waals surface area contributed by atoms with Crippen LogP contribution in [0.5, 0.6) is 0 Å². The monoisotopic (exact) mass is 369 g/mol. The summed E-state index contributed by atoms with van der Waals surface area (Å²) in [5.74, 6) is 1.57. The van der Waals surface area contributed by atoms with Crippen molar-refractivity contribution in [2.75, 3.05) is 49.1 Å². The van der Waals surface area contributed by atoms with Gasteiger partial charge in [0, 0.05) is 44.6 Å². The zero-order valence-corrected chi connectivity index (χ0v) is 16.3. The molecule has 1 aromatic heterocycles. The van der Waals surface area contributed by atoms with Crippen molar-refractivity contribution in [2.45, 2.75) is 20.8 Å². The summed E-state index contributed by atoms with van der Waals surface area (Å²) < 4.78 is 5.08. The third-order valence-corrected chi connectivity index (χ3v) is 4.63. The zero-order valence-electron chi connectivity index (χ0n) is 16.3. The van der Waals surface area contributed by atoms with E-state index in [0.29, 0.717) is 25.6 Å². The smallest absolute Gasteiger partial charge is 0.409 e. The van der Waals surface area contributed by atoms with Gasteiger partial charge in [-0.2, -0.15) is 4.98 Å². The molecule has 0 atom stereocenters. The van der Waals surface area contributed by atoms with Gasteiger partial charge >= 0.3 is 6.09 Å². The van der Waals surface area contributed by atoms with Gasteiger partial charge in [0.05, 0.1) is 6.61 Å². The Hall–Kier alpha value is -2.83. The molecule has 0 bridgehead atoms. The van der Waals surface area contributed by atoms with Gasteiger partial charge in [-0.05, 0) is 44.5 Å². The number of ether oxygens (including phenoxy) is 1. The Morgan fingerprint density at radius 2 is 1.96 bits per heavy atom. The predicted octanol–water partition coefficient (Wildman–Crippen LogP) is 3.22. The number of carbonyl (C=O) groups excluding carboxylic acids is 1. The Morgan fingerprint density at radius 1 is 1.19 bits per heavy atom. The number of hydrogen-bond acceptors (Lipinski definition) is 6. The minimum Gasteiger partial charge on any atom is -0.450 e. The lowest BCUT2D eigenvalue weighted by Gasteiger charge is -2.35. The number of anilines is 3. The molecule has 1 fully saturated rings. The van der Waals surface area contributed by atoms with Crippen LogP contribution in [0.3, 0.4) is 0 Å². The number of aromatic nitrogens is 2. The number of benzene rings is 1. The molecule has 0 spiro atoms. The number of piperazine rings is 1. The first-order valence-corrected chi connectivity index (χ1v) is 9.46. The van der Waals surface area contributed by atoms with Crippen molar-refractivity contribution in [1.82, 2.24) is 14.9 Å². The molecule has 27 heavy (non-hydrogen) atoms. The summed E-state index contributed by atoms with van der Waals surface area (Å²) in [4.78, 5) is 27.2. The van der Waals surface area contributed by atoms with E-state index >= 15 is 0 Å². The lowest BCUT2D eigenvalue weighted by molar-refractivity contribution is 0.105. The topological polar surface area (TPSA) is 61.8 Å². The molecule has 7 nitrogen and oxygen atoms in total. The van der Waals surface area contributed by atoms with Gasteiger partial charge in [0.1, 0.15) is 5.82 Å². The fourth-order valence-electron chi connectivity index (χ4n) is 3.21. The number of rotatable bonds is 5. The van der Waals surface area contributed by atoms with Crippen molar-refractivity contribution in [3.8, 4) is 0 Å². The maximum absolute atomic E-state index is 11.9. The fraction of sp³-hybridized carbons (Fsp3) is 0.450. The molecule has 0 unspecified atom stereocenters. The summed E-state index contributed by atoms with van der Waals surface area (Å²) in [5.41, 5.74) is 2.29. The molecule has 2 heterocycles. The molecule has 144 valence electrons. The van der Waals surface area contributed by atoms with Crippen LogP contribution in [0.15, 0.2) is 36.5 Å². The summed E-state index contributed by atoms with van der Waals surface area (Å²) in [5, 5.41) is 0. The van der Waals surface area contributed by atoms with Crippen LogP contribution in [-0.4, -0.2) is 60.3 Å². The molecular formula is C20H27N5O2. The van der Waals surface area contributed by atoms with Crippen LogP contribution in [0.2, 0.25) is 0 Å². The highest BCUT2D eigenvalue weighted by atomic mass is 16.6. The van der Waals surface area contributed by atoms with Crippen molar-refractivity contribution in [2.24, 2.45) is 0 Å². The number of hydrogen-bond donors (Lipinski definition) is 0. The van der Waals surface area contributed by atoms with E-state index in [2.05, 4.69) is 46.8 Å². The first-order chi connectivity index (χ1) is 13.1. The number of aryl methyl sites for hydroxylation is 1. The highest BCUT2D eigenvalue weighted by Crippen LogP contribution is 2.24. The SMILES string of the molecule is CCOC(=O)N1CCN(c2ccnc(N(CC)c3cccc(C)c3)n2)CC1. The largest absolute Gasteiger partial charge is 0.450 e. The number of amides is 1. The Balaban J connectivity index is 1.73. The van der Waals surface area contributed by atoms with Gasteiger partial charge in [0.25, 0.3) is 0 Å². The van der Waals surface area contributed by atoms with Gasteiger partial charge in [-0.15, -0.1) is 0 Å². The third kappa shape index (κ3) is 4.48. The molecule has 0 radical (unpaired) electrons. The van der Waals surface area contributed by atoms with Crippen LogP contribution in [0.1, 0.15) is 19.4 Å². The number of carbonyl (C=O) groups is 1. The quantitative estimate of drug-likeness (QED) is 0.806. The summed E-state index contributed by atoms with van der Waals surface area (Å²) >= 11 is 0. The molecular weight excluding hydrogens is 342 g/mol. The van der Waals surface area contributed by atoms with Crippen LogP contribution in [0, 0.1) is 6.92 Å². The maximum atomic E-state index is 11.9. The summed E-state index contributed by atoms with van der Waals surface area (Å²) in [7, 11) is 0. The second kappa shape index (κ2) is 8.70. The first kappa shape index (κ1) is 18.9. The fourth-order valence-corrected chi connectivity index (χ4v) is 3.21. The molecule has 2 aromatic rings. The van der Waals surface area contributed by atoms with Gasteiger partial charge in [0.15, 0.2) is 0 Å². The van der Waals surface area contributed by atoms with Crippen LogP contribution in [0.4, 0.5) is 22.2 Å². The van der Waals surface area contributed by atoms with E-state index in [0.717, 1.165) is 31.1 Å². The Bertz CT molecular complexity index is 774. The molecule has 3 rings (SSSR count). The predicted molar refractivity (Wildman–Crippen MR) is 107 cm³/mol. The maximum Gasteiger partial charge on any atom is 0.409 e. The molecule has 7 heteroatoms. The van der Waals surface area contributed by atoms with Crippen molar-refractivity contribution in [1.29, 1.82) is 0 Å². The van der Waals surface area contributed by atoms with Gasteiger partial charge in [0.2, 0.25) is 5.95 Å². The summed E-state index contributed by atoms with van der Waals surface area (Å²) in [6.45, 7) is 9.90. The van der Waals surface area contributed by atoms with Crippen molar-refractivity contribution in [3.63, 3.8) is 0 Å². The lowest BCUT2D eigenvalue weighted by Crippen LogP contribution is -2.49. The second-order valence-corrected chi connectivity index (χ2v) is 6.47. The summed E-state index contributed by atoms with van der Waals surface area (Å²) in [6, 6.07) is 10.3. The van der Waals surface area contributed by atoms with E-state index in [1.165, 1.54) is 5.56 Å². The second-order valence-electron chi connectivity index (χ2n) is 6.47. The first-order valence-electron chi connectivity index (χ1n) is 9.46. The average Bonchev–Trinajstić information content (AvgIpc) is 2.69. The molecule has 1 aliphatic rings. The van der Waals surface area contributed by atoms with E-state index < -0.39 is 0 Å². The Kier molecular flexibility index (Phi) is 6.11. The van der Waals surface area contributed by atoms with E-state index in [-0.39, 0.29) is 6.09 Å². The van der Waals surface area contributed by atoms with Crippen LogP contribution in [0.25, 0.3) is 0 Å². The third-order valence-electron chi connectivity index (χ3n) is 4.63. The summed E-state index contributed by atoms with van der Waals surface area (Å²) in [6.07, 6.45) is 1.56. The highest BCUT2D eigenvalue weighted by molar-refractivity contribution is 5.68. The minimum absolute atomic E-state index is 0.239. The van der Waals surface area contributed by atoms with Crippen molar-refractivity contribution < 1.29 is 9.53 Å². The van der Waals surface area contributed by atoms with E-state index in [1.807, 2.05) is 19.1 Å². The van der Waals surface area contributed by atoms with E-state index in [4.69, 9.17) is 9.72 Å². The molecule has 0 aliphatic carbocycles. The molecule has 1 saturated heterocycles. The molecule has 1 amide bonds. The standard InChI is InChI=1S/C20H27N5O2/c1-4-25(17-8-6-7-16(3)15-17)19-21-10-9-18(22-19)23-11-13-24(14-12-23)20(26)27-5-2/h6-10,15H,4-5,11-14H2,1-3H3.